The molecule has 1 atom stereocenters. The van der Waals surface area contributed by atoms with Gasteiger partial charge in [0.2, 0.25) is 0 Å². The maximum atomic E-state index is 12.5. The van der Waals surface area contributed by atoms with Crippen LogP contribution in [0.4, 0.5) is 11.5 Å². The second-order valence-electron chi connectivity index (χ2n) is 5.23. The molecule has 0 fully saturated rings. The molecule has 0 saturated heterocycles. The van der Waals surface area contributed by atoms with Gasteiger partial charge in [-0.15, -0.1) is 11.3 Å². The van der Waals surface area contributed by atoms with Crippen molar-refractivity contribution in [2.45, 2.75) is 32.9 Å². The first-order chi connectivity index (χ1) is 9.70. The zero-order valence-corrected chi connectivity index (χ0v) is 12.3. The van der Waals surface area contributed by atoms with Gasteiger partial charge in [-0.05, 0) is 37.3 Å². The van der Waals surface area contributed by atoms with Crippen molar-refractivity contribution in [1.82, 2.24) is 9.78 Å². The average Bonchev–Trinajstić information content (AvgIpc) is 3.03. The highest BCUT2D eigenvalue weighted by atomic mass is 32.1. The molecule has 0 spiro atoms. The van der Waals surface area contributed by atoms with Crippen molar-refractivity contribution >= 4 is 28.7 Å². The summed E-state index contributed by atoms with van der Waals surface area (Å²) in [5.74, 6) is 1.13. The monoisotopic (exact) mass is 288 g/mol. The summed E-state index contributed by atoms with van der Waals surface area (Å²) < 4.78 is 1.99. The molecule has 1 N–H and O–H groups in total. The molecule has 1 amide bonds. The first-order valence-corrected chi connectivity index (χ1v) is 7.80. The standard InChI is InChI=1S/C14H16N4OS/c1-3-18-14-11(8(2)16-18)15-13(19)12-9-5-7-20-10(9)4-6-17(12)14/h5,7,12H,3-4,6H2,1-2H3,(H,15,19). The van der Waals surface area contributed by atoms with E-state index < -0.39 is 0 Å². The third-order valence-corrected chi connectivity index (χ3v) is 5.13. The fourth-order valence-corrected chi connectivity index (χ4v) is 4.15. The Kier molecular flexibility index (Phi) is 2.44. The van der Waals surface area contributed by atoms with Crippen LogP contribution < -0.4 is 10.2 Å². The topological polar surface area (TPSA) is 50.2 Å². The molecular weight excluding hydrogens is 272 g/mol. The Hall–Kier alpha value is -1.82. The van der Waals surface area contributed by atoms with Crippen LogP contribution in [0.2, 0.25) is 0 Å². The molecule has 4 rings (SSSR count). The molecule has 2 aliphatic rings. The van der Waals surface area contributed by atoms with Crippen LogP contribution in [0.15, 0.2) is 11.4 Å². The van der Waals surface area contributed by atoms with Gasteiger partial charge in [0.25, 0.3) is 5.91 Å². The number of aromatic nitrogens is 2. The number of carbonyl (C=O) groups excluding carboxylic acids is 1. The van der Waals surface area contributed by atoms with Gasteiger partial charge in [0.15, 0.2) is 5.82 Å². The van der Waals surface area contributed by atoms with Crippen molar-refractivity contribution in [2.24, 2.45) is 0 Å². The number of nitrogens with zero attached hydrogens (tertiary/aromatic N) is 3. The van der Waals surface area contributed by atoms with Gasteiger partial charge < -0.3 is 10.2 Å². The SMILES string of the molecule is CCn1nc(C)c2c1N1CCc3sccc3C1C(=O)N2. The molecule has 0 bridgehead atoms. The Morgan fingerprint density at radius 2 is 2.40 bits per heavy atom. The summed E-state index contributed by atoms with van der Waals surface area (Å²) in [7, 11) is 0. The minimum atomic E-state index is -0.195. The average molecular weight is 288 g/mol. The molecule has 2 aromatic heterocycles. The third-order valence-electron chi connectivity index (χ3n) is 4.13. The predicted octanol–water partition coefficient (Wildman–Crippen LogP) is 2.33. The highest BCUT2D eigenvalue weighted by Crippen LogP contribution is 2.44. The summed E-state index contributed by atoms with van der Waals surface area (Å²) in [6.45, 7) is 5.72. The molecule has 1 unspecified atom stereocenters. The van der Waals surface area contributed by atoms with Crippen LogP contribution in [0, 0.1) is 6.92 Å². The zero-order valence-electron chi connectivity index (χ0n) is 11.5. The minimum absolute atomic E-state index is 0.0654. The largest absolute Gasteiger partial charge is 0.339 e. The second kappa shape index (κ2) is 4.09. The van der Waals surface area contributed by atoms with E-state index in [2.05, 4.69) is 33.7 Å². The molecule has 2 aromatic rings. The number of nitrogens with one attached hydrogen (secondary N) is 1. The van der Waals surface area contributed by atoms with Gasteiger partial charge in [0.1, 0.15) is 11.7 Å². The Labute approximate surface area is 121 Å². The fourth-order valence-electron chi connectivity index (χ4n) is 3.25. The summed E-state index contributed by atoms with van der Waals surface area (Å²) in [5.41, 5.74) is 2.93. The maximum Gasteiger partial charge on any atom is 0.251 e. The number of hydrogen-bond acceptors (Lipinski definition) is 4. The normalized spacial score (nSPS) is 20.2. The van der Waals surface area contributed by atoms with Crippen LogP contribution in [0.1, 0.15) is 29.1 Å². The number of carbonyl (C=O) groups is 1. The molecule has 5 nitrogen and oxygen atoms in total. The Morgan fingerprint density at radius 1 is 1.55 bits per heavy atom. The van der Waals surface area contributed by atoms with Crippen molar-refractivity contribution < 1.29 is 4.79 Å². The smallest absolute Gasteiger partial charge is 0.251 e. The summed E-state index contributed by atoms with van der Waals surface area (Å²) in [6, 6.07) is 1.89. The van der Waals surface area contributed by atoms with Gasteiger partial charge >= 0.3 is 0 Å². The van der Waals surface area contributed by atoms with Crippen molar-refractivity contribution in [2.75, 3.05) is 16.8 Å². The fraction of sp³-hybridized carbons (Fsp3) is 0.429. The van der Waals surface area contributed by atoms with E-state index in [1.165, 1.54) is 4.88 Å². The lowest BCUT2D eigenvalue weighted by Gasteiger charge is -2.40. The molecule has 0 radical (unpaired) electrons. The van der Waals surface area contributed by atoms with Gasteiger partial charge in [-0.2, -0.15) is 5.10 Å². The second-order valence-corrected chi connectivity index (χ2v) is 6.23. The molecule has 2 aliphatic heterocycles. The van der Waals surface area contributed by atoms with Crippen LogP contribution in [-0.4, -0.2) is 22.2 Å². The van der Waals surface area contributed by atoms with Gasteiger partial charge in [-0.1, -0.05) is 0 Å². The van der Waals surface area contributed by atoms with Crippen molar-refractivity contribution in [1.29, 1.82) is 0 Å². The molecule has 6 heteroatoms. The molecular formula is C14H16N4OS. The highest BCUT2D eigenvalue weighted by Gasteiger charge is 2.41. The first-order valence-electron chi connectivity index (χ1n) is 6.92. The lowest BCUT2D eigenvalue weighted by molar-refractivity contribution is -0.118. The van der Waals surface area contributed by atoms with Gasteiger partial charge in [-0.3, -0.25) is 4.79 Å². The number of aryl methyl sites for hydroxylation is 2. The molecule has 20 heavy (non-hydrogen) atoms. The number of rotatable bonds is 1. The summed E-state index contributed by atoms with van der Waals surface area (Å²) in [6.07, 6.45) is 1.00. The van der Waals surface area contributed by atoms with E-state index in [1.54, 1.807) is 11.3 Å². The molecule has 0 aromatic carbocycles. The number of fused-ring (bicyclic) bond motifs is 5. The number of thiophene rings is 1. The lowest BCUT2D eigenvalue weighted by atomic mass is 9.97. The van der Waals surface area contributed by atoms with Gasteiger partial charge in [-0.25, -0.2) is 4.68 Å². The van der Waals surface area contributed by atoms with E-state index >= 15 is 0 Å². The van der Waals surface area contributed by atoms with Gasteiger partial charge in [0.05, 0.1) is 5.69 Å². The highest BCUT2D eigenvalue weighted by molar-refractivity contribution is 7.10. The number of amides is 1. The van der Waals surface area contributed by atoms with E-state index in [4.69, 9.17) is 0 Å². The predicted molar refractivity (Wildman–Crippen MR) is 79.4 cm³/mol. The van der Waals surface area contributed by atoms with Crippen molar-refractivity contribution in [3.63, 3.8) is 0 Å². The lowest BCUT2D eigenvalue weighted by Crippen LogP contribution is -2.46. The maximum absolute atomic E-state index is 12.5. The number of hydrogen-bond donors (Lipinski definition) is 1. The van der Waals surface area contributed by atoms with E-state index in [-0.39, 0.29) is 11.9 Å². The Bertz CT molecular complexity index is 702. The van der Waals surface area contributed by atoms with Crippen LogP contribution in [0.3, 0.4) is 0 Å². The Balaban J connectivity index is 1.91. The van der Waals surface area contributed by atoms with E-state index in [0.29, 0.717) is 0 Å². The first kappa shape index (κ1) is 12.0. The van der Waals surface area contributed by atoms with E-state index in [0.717, 1.165) is 42.3 Å². The van der Waals surface area contributed by atoms with Crippen molar-refractivity contribution in [3.8, 4) is 0 Å². The van der Waals surface area contributed by atoms with Crippen LogP contribution in [0.5, 0.6) is 0 Å². The molecule has 104 valence electrons. The van der Waals surface area contributed by atoms with E-state index in [1.807, 2.05) is 11.6 Å². The molecule has 0 aliphatic carbocycles. The van der Waals surface area contributed by atoms with Crippen LogP contribution >= 0.6 is 11.3 Å². The molecule has 4 heterocycles. The molecule has 0 saturated carbocycles. The Morgan fingerprint density at radius 3 is 3.20 bits per heavy atom. The summed E-state index contributed by atoms with van der Waals surface area (Å²) in [5, 5.41) is 9.68. The quantitative estimate of drug-likeness (QED) is 0.876. The third kappa shape index (κ3) is 1.42. The van der Waals surface area contributed by atoms with Crippen LogP contribution in [-0.2, 0) is 17.8 Å². The van der Waals surface area contributed by atoms with Gasteiger partial charge in [0, 0.05) is 18.0 Å². The van der Waals surface area contributed by atoms with E-state index in [9.17, 15) is 4.79 Å². The summed E-state index contributed by atoms with van der Waals surface area (Å²) in [4.78, 5) is 16.1. The number of anilines is 2. The van der Waals surface area contributed by atoms with Crippen LogP contribution in [0.25, 0.3) is 0 Å². The minimum Gasteiger partial charge on any atom is -0.339 e. The summed E-state index contributed by atoms with van der Waals surface area (Å²) >= 11 is 1.75. The zero-order chi connectivity index (χ0) is 13.9. The van der Waals surface area contributed by atoms with Crippen molar-refractivity contribution in [3.05, 3.63) is 27.6 Å².